The van der Waals surface area contributed by atoms with E-state index < -0.39 is 11.5 Å². The van der Waals surface area contributed by atoms with E-state index in [4.69, 9.17) is 4.74 Å². The zero-order valence-corrected chi connectivity index (χ0v) is 11.4. The monoisotopic (exact) mass is 262 g/mol. The van der Waals surface area contributed by atoms with Crippen LogP contribution in [-0.4, -0.2) is 30.6 Å². The molecule has 1 aromatic rings. The molecule has 1 aliphatic heterocycles. The van der Waals surface area contributed by atoms with Crippen LogP contribution in [0.25, 0.3) is 0 Å². The number of ether oxygens (including phenoxy) is 1. The molecule has 1 unspecified atom stereocenters. The molecule has 0 bridgehead atoms. The zero-order chi connectivity index (χ0) is 14.0. The third-order valence-electron chi connectivity index (χ3n) is 3.41. The number of rotatable bonds is 3. The van der Waals surface area contributed by atoms with Gasteiger partial charge in [-0.2, -0.15) is 0 Å². The second-order valence-corrected chi connectivity index (χ2v) is 4.51. The number of nitrogens with zero attached hydrogens (tertiary/aromatic N) is 1. The van der Waals surface area contributed by atoms with Gasteiger partial charge in [0, 0.05) is 6.54 Å². The molecule has 5 heteroatoms. The van der Waals surface area contributed by atoms with E-state index in [2.05, 4.69) is 5.32 Å². The lowest BCUT2D eigenvalue weighted by Crippen LogP contribution is -2.63. The van der Waals surface area contributed by atoms with Gasteiger partial charge < -0.3 is 15.0 Å². The smallest absolute Gasteiger partial charge is 0.341 e. The summed E-state index contributed by atoms with van der Waals surface area (Å²) >= 11 is 0. The Morgan fingerprint density at radius 3 is 2.68 bits per heavy atom. The van der Waals surface area contributed by atoms with E-state index in [1.807, 2.05) is 31.2 Å². The number of hydrogen-bond acceptors (Lipinski definition) is 4. The Bertz CT molecular complexity index is 515. The first kappa shape index (κ1) is 13.4. The Kier molecular flexibility index (Phi) is 3.46. The van der Waals surface area contributed by atoms with E-state index in [1.54, 1.807) is 18.7 Å². The molecule has 0 radical (unpaired) electrons. The molecule has 1 amide bonds. The molecule has 1 atom stereocenters. The third-order valence-corrected chi connectivity index (χ3v) is 3.41. The van der Waals surface area contributed by atoms with E-state index in [1.165, 1.54) is 0 Å². The predicted octanol–water partition coefficient (Wildman–Crippen LogP) is 1.79. The number of nitrogens with one attached hydrogen (secondary N) is 1. The molecule has 0 aromatic heterocycles. The van der Waals surface area contributed by atoms with Crippen LogP contribution < -0.4 is 10.2 Å². The van der Waals surface area contributed by atoms with Crippen molar-refractivity contribution in [1.82, 2.24) is 0 Å². The van der Waals surface area contributed by atoms with Crippen LogP contribution in [0.4, 0.5) is 11.4 Å². The first-order chi connectivity index (χ1) is 9.05. The highest BCUT2D eigenvalue weighted by molar-refractivity contribution is 6.18. The number of benzene rings is 1. The van der Waals surface area contributed by atoms with Crippen LogP contribution in [0, 0.1) is 0 Å². The van der Waals surface area contributed by atoms with Crippen LogP contribution in [0.3, 0.4) is 0 Å². The number of likely N-dealkylation sites (N-methyl/N-ethyl adjacent to an activating group) is 1. The fourth-order valence-electron chi connectivity index (χ4n) is 2.38. The molecule has 1 heterocycles. The molecular weight excluding hydrogens is 244 g/mol. The molecule has 5 nitrogen and oxygen atoms in total. The molecule has 0 saturated heterocycles. The van der Waals surface area contributed by atoms with Gasteiger partial charge in [0.1, 0.15) is 0 Å². The summed E-state index contributed by atoms with van der Waals surface area (Å²) < 4.78 is 5.06. The number of fused-ring (bicyclic) bond motifs is 1. The Hall–Kier alpha value is -2.04. The molecule has 19 heavy (non-hydrogen) atoms. The van der Waals surface area contributed by atoms with Gasteiger partial charge in [0.15, 0.2) is 0 Å². The van der Waals surface area contributed by atoms with E-state index >= 15 is 0 Å². The van der Waals surface area contributed by atoms with Crippen molar-refractivity contribution in [2.75, 3.05) is 23.4 Å². The van der Waals surface area contributed by atoms with Gasteiger partial charge in [0.2, 0.25) is 5.54 Å². The van der Waals surface area contributed by atoms with Crippen LogP contribution in [0.1, 0.15) is 20.8 Å². The van der Waals surface area contributed by atoms with Crippen molar-refractivity contribution in [3.05, 3.63) is 24.3 Å². The summed E-state index contributed by atoms with van der Waals surface area (Å²) in [6.45, 7) is 6.03. The van der Waals surface area contributed by atoms with Crippen LogP contribution in [0.5, 0.6) is 0 Å². The highest BCUT2D eigenvalue weighted by Gasteiger charge is 2.50. The number of carbonyl (C=O) groups excluding carboxylic acids is 2. The van der Waals surface area contributed by atoms with E-state index in [9.17, 15) is 9.59 Å². The van der Waals surface area contributed by atoms with Crippen molar-refractivity contribution >= 4 is 23.3 Å². The van der Waals surface area contributed by atoms with Crippen molar-refractivity contribution < 1.29 is 14.3 Å². The molecule has 0 saturated carbocycles. The minimum atomic E-state index is -1.32. The normalized spacial score (nSPS) is 21.6. The lowest BCUT2D eigenvalue weighted by atomic mass is 9.94. The molecule has 1 N–H and O–H groups in total. The fraction of sp³-hybridized carbons (Fsp3) is 0.429. The van der Waals surface area contributed by atoms with Crippen molar-refractivity contribution in [3.8, 4) is 0 Å². The molecule has 1 aliphatic rings. The first-order valence-electron chi connectivity index (χ1n) is 6.41. The van der Waals surface area contributed by atoms with Crippen LogP contribution >= 0.6 is 0 Å². The SMILES string of the molecule is CCOC(=O)C1(C)C(=O)Nc2ccccc2N1CC. The average molecular weight is 262 g/mol. The summed E-state index contributed by atoms with van der Waals surface area (Å²) in [5.74, 6) is -0.879. The van der Waals surface area contributed by atoms with E-state index in [-0.39, 0.29) is 12.5 Å². The van der Waals surface area contributed by atoms with Crippen LogP contribution in [-0.2, 0) is 14.3 Å². The lowest BCUT2D eigenvalue weighted by Gasteiger charge is -2.43. The Balaban J connectivity index is 2.51. The summed E-state index contributed by atoms with van der Waals surface area (Å²) in [5, 5.41) is 2.77. The maximum Gasteiger partial charge on any atom is 0.341 e. The van der Waals surface area contributed by atoms with E-state index in [0.29, 0.717) is 6.54 Å². The number of anilines is 2. The van der Waals surface area contributed by atoms with Gasteiger partial charge in [-0.15, -0.1) is 0 Å². The lowest BCUT2D eigenvalue weighted by molar-refractivity contribution is -0.152. The average Bonchev–Trinajstić information content (AvgIpc) is 2.40. The van der Waals surface area contributed by atoms with Crippen molar-refractivity contribution in [2.24, 2.45) is 0 Å². The highest BCUT2D eigenvalue weighted by Crippen LogP contribution is 2.37. The zero-order valence-electron chi connectivity index (χ0n) is 11.4. The molecule has 2 rings (SSSR count). The summed E-state index contributed by atoms with van der Waals surface area (Å²) in [6.07, 6.45) is 0. The van der Waals surface area contributed by atoms with Gasteiger partial charge in [-0.1, -0.05) is 12.1 Å². The molecule has 102 valence electrons. The molecule has 0 fully saturated rings. The van der Waals surface area contributed by atoms with Crippen molar-refractivity contribution in [1.29, 1.82) is 0 Å². The first-order valence-corrected chi connectivity index (χ1v) is 6.41. The van der Waals surface area contributed by atoms with Crippen LogP contribution in [0.2, 0.25) is 0 Å². The maximum absolute atomic E-state index is 12.3. The maximum atomic E-state index is 12.3. The number of esters is 1. The molecule has 0 spiro atoms. The van der Waals surface area contributed by atoms with Gasteiger partial charge in [-0.05, 0) is 32.9 Å². The summed E-state index contributed by atoms with van der Waals surface area (Å²) in [6, 6.07) is 7.43. The Labute approximate surface area is 112 Å². The standard InChI is InChI=1S/C14H18N2O3/c1-4-16-11-9-7-6-8-10(11)15-12(17)14(16,3)13(18)19-5-2/h6-9H,4-5H2,1-3H3,(H,15,17). The number of carbonyl (C=O) groups is 2. The van der Waals surface area contributed by atoms with Crippen molar-refractivity contribution in [2.45, 2.75) is 26.3 Å². The number of hydrogen-bond donors (Lipinski definition) is 1. The quantitative estimate of drug-likeness (QED) is 0.666. The van der Waals surface area contributed by atoms with Crippen LogP contribution in [0.15, 0.2) is 24.3 Å². The summed E-state index contributed by atoms with van der Waals surface area (Å²) in [5.41, 5.74) is 0.232. The topological polar surface area (TPSA) is 58.6 Å². The van der Waals surface area contributed by atoms with Gasteiger partial charge in [0.25, 0.3) is 5.91 Å². The largest absolute Gasteiger partial charge is 0.464 e. The van der Waals surface area contributed by atoms with Gasteiger partial charge >= 0.3 is 5.97 Å². The third kappa shape index (κ3) is 1.95. The molecular formula is C14H18N2O3. The summed E-state index contributed by atoms with van der Waals surface area (Å²) in [7, 11) is 0. The van der Waals surface area contributed by atoms with Crippen molar-refractivity contribution in [3.63, 3.8) is 0 Å². The predicted molar refractivity (Wildman–Crippen MR) is 73.1 cm³/mol. The van der Waals surface area contributed by atoms with Gasteiger partial charge in [0.05, 0.1) is 18.0 Å². The minimum absolute atomic E-state index is 0.251. The van der Waals surface area contributed by atoms with Gasteiger partial charge in [-0.25, -0.2) is 4.79 Å². The fourth-order valence-corrected chi connectivity index (χ4v) is 2.38. The van der Waals surface area contributed by atoms with Gasteiger partial charge in [-0.3, -0.25) is 4.79 Å². The number of amides is 1. The Morgan fingerprint density at radius 1 is 1.37 bits per heavy atom. The Morgan fingerprint density at radius 2 is 2.05 bits per heavy atom. The number of para-hydroxylation sites is 2. The molecule has 0 aliphatic carbocycles. The second kappa shape index (κ2) is 4.91. The minimum Gasteiger partial charge on any atom is -0.464 e. The highest BCUT2D eigenvalue weighted by atomic mass is 16.5. The molecule has 1 aromatic carbocycles. The summed E-state index contributed by atoms with van der Waals surface area (Å²) in [4.78, 5) is 26.3. The van der Waals surface area contributed by atoms with E-state index in [0.717, 1.165) is 11.4 Å². The second-order valence-electron chi connectivity index (χ2n) is 4.51.